The highest BCUT2D eigenvalue weighted by Gasteiger charge is 2.35. The summed E-state index contributed by atoms with van der Waals surface area (Å²) in [7, 11) is 2.19. The van der Waals surface area contributed by atoms with Crippen molar-refractivity contribution in [1.82, 2.24) is 5.32 Å². The number of ether oxygens (including phenoxy) is 1. The van der Waals surface area contributed by atoms with Gasteiger partial charge in [0.1, 0.15) is 0 Å². The largest absolute Gasteiger partial charge is 0.381 e. The van der Waals surface area contributed by atoms with E-state index >= 15 is 0 Å². The zero-order valence-corrected chi connectivity index (χ0v) is 13.1. The second kappa shape index (κ2) is 7.09. The molecule has 3 heteroatoms. The van der Waals surface area contributed by atoms with Crippen molar-refractivity contribution >= 4 is 5.69 Å². The van der Waals surface area contributed by atoms with Gasteiger partial charge in [-0.15, -0.1) is 0 Å². The van der Waals surface area contributed by atoms with E-state index in [0.717, 1.165) is 39.3 Å². The molecule has 1 fully saturated rings. The summed E-state index contributed by atoms with van der Waals surface area (Å²) in [5.41, 5.74) is 2.86. The number of anilines is 1. The lowest BCUT2D eigenvalue weighted by atomic mass is 9.86. The third kappa shape index (κ3) is 3.97. The number of aryl methyl sites for hydroxylation is 1. The minimum Gasteiger partial charge on any atom is -0.381 e. The van der Waals surface area contributed by atoms with E-state index in [1.807, 2.05) is 0 Å². The van der Waals surface area contributed by atoms with Crippen LogP contribution in [0.5, 0.6) is 0 Å². The molecule has 0 saturated carbocycles. The molecule has 20 heavy (non-hydrogen) atoms. The number of hydrogen-bond donors (Lipinski definition) is 1. The minimum absolute atomic E-state index is 0.259. The van der Waals surface area contributed by atoms with Crippen molar-refractivity contribution in [2.24, 2.45) is 5.41 Å². The summed E-state index contributed by atoms with van der Waals surface area (Å²) >= 11 is 0. The van der Waals surface area contributed by atoms with Gasteiger partial charge in [-0.2, -0.15) is 0 Å². The van der Waals surface area contributed by atoms with Crippen LogP contribution < -0.4 is 10.2 Å². The molecule has 3 nitrogen and oxygen atoms in total. The summed E-state index contributed by atoms with van der Waals surface area (Å²) < 4.78 is 5.68. The molecule has 0 spiro atoms. The van der Waals surface area contributed by atoms with Crippen molar-refractivity contribution in [2.45, 2.75) is 26.7 Å². The van der Waals surface area contributed by atoms with Crippen molar-refractivity contribution in [2.75, 3.05) is 44.8 Å². The second-order valence-corrected chi connectivity index (χ2v) is 6.17. The van der Waals surface area contributed by atoms with Gasteiger partial charge in [0, 0.05) is 37.8 Å². The van der Waals surface area contributed by atoms with Gasteiger partial charge >= 0.3 is 0 Å². The van der Waals surface area contributed by atoms with Crippen LogP contribution in [-0.2, 0) is 4.74 Å². The molecule has 1 aliphatic rings. The average molecular weight is 276 g/mol. The molecule has 1 unspecified atom stereocenters. The van der Waals surface area contributed by atoms with Crippen molar-refractivity contribution in [3.8, 4) is 0 Å². The van der Waals surface area contributed by atoms with E-state index in [1.165, 1.54) is 17.7 Å². The number of nitrogens with zero attached hydrogens (tertiary/aromatic N) is 1. The van der Waals surface area contributed by atoms with Gasteiger partial charge in [-0.1, -0.05) is 24.6 Å². The molecule has 0 amide bonds. The van der Waals surface area contributed by atoms with E-state index in [0.29, 0.717) is 0 Å². The molecule has 0 aliphatic carbocycles. The molecule has 1 aliphatic heterocycles. The average Bonchev–Trinajstić information content (AvgIpc) is 2.88. The Balaban J connectivity index is 1.98. The molecule has 1 atom stereocenters. The molecule has 112 valence electrons. The maximum atomic E-state index is 5.68. The first kappa shape index (κ1) is 15.3. The summed E-state index contributed by atoms with van der Waals surface area (Å²) in [6.07, 6.45) is 2.34. The molecular weight excluding hydrogens is 248 g/mol. The molecule has 0 radical (unpaired) electrons. The van der Waals surface area contributed by atoms with Gasteiger partial charge in [0.25, 0.3) is 0 Å². The lowest BCUT2D eigenvalue weighted by Crippen LogP contribution is -2.44. The number of benzene rings is 1. The van der Waals surface area contributed by atoms with Crippen LogP contribution in [0, 0.1) is 12.3 Å². The van der Waals surface area contributed by atoms with Gasteiger partial charge in [0.15, 0.2) is 0 Å². The van der Waals surface area contributed by atoms with Gasteiger partial charge in [-0.05, 0) is 38.4 Å². The van der Waals surface area contributed by atoms with E-state index < -0.39 is 0 Å². The Bertz CT molecular complexity index is 396. The Morgan fingerprint density at radius 2 is 2.05 bits per heavy atom. The van der Waals surface area contributed by atoms with Crippen LogP contribution in [0.4, 0.5) is 5.69 Å². The summed E-state index contributed by atoms with van der Waals surface area (Å²) in [5, 5.41) is 3.58. The highest BCUT2D eigenvalue weighted by Crippen LogP contribution is 2.30. The Hall–Kier alpha value is -1.06. The van der Waals surface area contributed by atoms with Crippen LogP contribution in [-0.4, -0.2) is 39.9 Å². The van der Waals surface area contributed by atoms with Crippen LogP contribution in [0.15, 0.2) is 24.3 Å². The molecule has 1 aromatic carbocycles. The van der Waals surface area contributed by atoms with Crippen LogP contribution in [0.25, 0.3) is 0 Å². The summed E-state index contributed by atoms with van der Waals surface area (Å²) in [6.45, 7) is 9.31. The van der Waals surface area contributed by atoms with Crippen molar-refractivity contribution in [3.63, 3.8) is 0 Å². The first-order valence-corrected chi connectivity index (χ1v) is 7.71. The standard InChI is InChI=1S/C17H28N2O/c1-4-10-18-12-17(9-11-20-14-17)13-19(3)16-7-5-15(2)6-8-16/h5-8,18H,4,9-14H2,1-3H3. The van der Waals surface area contributed by atoms with Crippen molar-refractivity contribution < 1.29 is 4.74 Å². The quantitative estimate of drug-likeness (QED) is 0.775. The summed E-state index contributed by atoms with van der Waals surface area (Å²) in [5.74, 6) is 0. The van der Waals surface area contributed by atoms with Gasteiger partial charge in [0.2, 0.25) is 0 Å². The van der Waals surface area contributed by atoms with E-state index in [1.54, 1.807) is 0 Å². The first-order chi connectivity index (χ1) is 9.65. The second-order valence-electron chi connectivity index (χ2n) is 6.17. The molecule has 1 heterocycles. The Labute approximate surface area is 123 Å². The Kier molecular flexibility index (Phi) is 5.44. The smallest absolute Gasteiger partial charge is 0.0552 e. The third-order valence-corrected chi connectivity index (χ3v) is 4.16. The van der Waals surface area contributed by atoms with Gasteiger partial charge < -0.3 is 15.0 Å². The van der Waals surface area contributed by atoms with Crippen LogP contribution in [0.3, 0.4) is 0 Å². The lowest BCUT2D eigenvalue weighted by Gasteiger charge is -2.33. The Morgan fingerprint density at radius 1 is 1.30 bits per heavy atom. The topological polar surface area (TPSA) is 24.5 Å². The van der Waals surface area contributed by atoms with Crippen LogP contribution in [0.1, 0.15) is 25.3 Å². The zero-order valence-electron chi connectivity index (χ0n) is 13.1. The van der Waals surface area contributed by atoms with E-state index in [2.05, 4.69) is 55.4 Å². The predicted octanol–water partition coefficient (Wildman–Crippen LogP) is 2.84. The summed E-state index contributed by atoms with van der Waals surface area (Å²) in [6, 6.07) is 8.77. The van der Waals surface area contributed by atoms with Gasteiger partial charge in [-0.25, -0.2) is 0 Å². The monoisotopic (exact) mass is 276 g/mol. The fourth-order valence-electron chi connectivity index (χ4n) is 2.89. The lowest BCUT2D eigenvalue weighted by molar-refractivity contribution is 0.152. The van der Waals surface area contributed by atoms with Crippen molar-refractivity contribution in [1.29, 1.82) is 0 Å². The molecule has 1 N–H and O–H groups in total. The molecular formula is C17H28N2O. The highest BCUT2D eigenvalue weighted by atomic mass is 16.5. The van der Waals surface area contributed by atoms with E-state index in [9.17, 15) is 0 Å². The molecule has 1 aromatic rings. The first-order valence-electron chi connectivity index (χ1n) is 7.71. The molecule has 2 rings (SSSR count). The fraction of sp³-hybridized carbons (Fsp3) is 0.647. The van der Waals surface area contributed by atoms with Crippen molar-refractivity contribution in [3.05, 3.63) is 29.8 Å². The third-order valence-electron chi connectivity index (χ3n) is 4.16. The zero-order chi connectivity index (χ0) is 14.4. The SMILES string of the molecule is CCCNCC1(CN(C)c2ccc(C)cc2)CCOC1. The molecule has 0 bridgehead atoms. The van der Waals surface area contributed by atoms with Gasteiger partial charge in [-0.3, -0.25) is 0 Å². The van der Waals surface area contributed by atoms with E-state index in [4.69, 9.17) is 4.74 Å². The highest BCUT2D eigenvalue weighted by molar-refractivity contribution is 5.47. The van der Waals surface area contributed by atoms with Crippen LogP contribution >= 0.6 is 0 Å². The normalized spacial score (nSPS) is 22.1. The number of hydrogen-bond acceptors (Lipinski definition) is 3. The fourth-order valence-corrected chi connectivity index (χ4v) is 2.89. The van der Waals surface area contributed by atoms with Gasteiger partial charge in [0.05, 0.1) is 6.61 Å². The molecule has 1 saturated heterocycles. The Morgan fingerprint density at radius 3 is 2.65 bits per heavy atom. The predicted molar refractivity (Wildman–Crippen MR) is 85.5 cm³/mol. The van der Waals surface area contributed by atoms with Crippen LogP contribution in [0.2, 0.25) is 0 Å². The number of rotatable bonds is 7. The van der Waals surface area contributed by atoms with E-state index in [-0.39, 0.29) is 5.41 Å². The maximum absolute atomic E-state index is 5.68. The minimum atomic E-state index is 0.259. The molecule has 0 aromatic heterocycles. The number of nitrogens with one attached hydrogen (secondary N) is 1. The summed E-state index contributed by atoms with van der Waals surface area (Å²) in [4.78, 5) is 2.36. The maximum Gasteiger partial charge on any atom is 0.0552 e.